The summed E-state index contributed by atoms with van der Waals surface area (Å²) in [5.74, 6) is 0.417. The Kier molecular flexibility index (Phi) is 4.57. The molecule has 1 fully saturated rings. The van der Waals surface area contributed by atoms with Crippen LogP contribution < -0.4 is 10.7 Å². The molecular weight excluding hydrogens is 362 g/mol. The monoisotopic (exact) mass is 385 g/mol. The molecule has 3 heterocycles. The predicted molar refractivity (Wildman–Crippen MR) is 114 cm³/mol. The molecule has 0 atom stereocenters. The molecule has 0 spiro atoms. The zero-order valence-corrected chi connectivity index (χ0v) is 16.1. The molecule has 146 valence electrons. The Morgan fingerprint density at radius 1 is 0.759 bits per heavy atom. The third kappa shape index (κ3) is 3.30. The number of piperazine rings is 1. The molecule has 0 saturated carbocycles. The first-order valence-corrected chi connectivity index (χ1v) is 9.84. The molecule has 0 amide bonds. The van der Waals surface area contributed by atoms with Crippen LogP contribution in [0.3, 0.4) is 0 Å². The summed E-state index contributed by atoms with van der Waals surface area (Å²) in [6, 6.07) is 21.7. The van der Waals surface area contributed by atoms with Gasteiger partial charge in [-0.15, -0.1) is 0 Å². The quantitative estimate of drug-likeness (QED) is 0.582. The van der Waals surface area contributed by atoms with Crippen LogP contribution >= 0.6 is 0 Å². The van der Waals surface area contributed by atoms with Crippen LogP contribution in [-0.4, -0.2) is 50.7 Å². The van der Waals surface area contributed by atoms with E-state index in [1.165, 1.54) is 17.5 Å². The number of imidazole rings is 1. The standard InChI is InChI=1S/C22H23N7/c23-21-19-22(25-15-24-21)29(16-26-19)28-13-11-27(12-14-28)20(17-7-3-1-4-8-17)18-9-5-2-6-10-18/h1-10,15-16,20H,11-14H2,(H2,23,24,25). The van der Waals surface area contributed by atoms with Crippen molar-refractivity contribution in [2.45, 2.75) is 6.04 Å². The van der Waals surface area contributed by atoms with Crippen LogP contribution in [0.1, 0.15) is 17.2 Å². The van der Waals surface area contributed by atoms with E-state index in [1.807, 2.05) is 4.68 Å². The summed E-state index contributed by atoms with van der Waals surface area (Å²) in [4.78, 5) is 15.4. The van der Waals surface area contributed by atoms with E-state index in [9.17, 15) is 0 Å². The highest BCUT2D eigenvalue weighted by Crippen LogP contribution is 2.29. The van der Waals surface area contributed by atoms with Crippen molar-refractivity contribution in [1.82, 2.24) is 24.5 Å². The van der Waals surface area contributed by atoms with Gasteiger partial charge >= 0.3 is 0 Å². The van der Waals surface area contributed by atoms with Crippen molar-refractivity contribution in [3.8, 4) is 0 Å². The van der Waals surface area contributed by atoms with Gasteiger partial charge in [-0.3, -0.25) is 4.90 Å². The van der Waals surface area contributed by atoms with Crippen molar-refractivity contribution in [2.24, 2.45) is 0 Å². The van der Waals surface area contributed by atoms with Gasteiger partial charge in [0.2, 0.25) is 0 Å². The van der Waals surface area contributed by atoms with Crippen LogP contribution in [0.2, 0.25) is 0 Å². The van der Waals surface area contributed by atoms with E-state index >= 15 is 0 Å². The third-order valence-electron chi connectivity index (χ3n) is 5.54. The van der Waals surface area contributed by atoms with Crippen LogP contribution in [0, 0.1) is 0 Å². The van der Waals surface area contributed by atoms with Crippen molar-refractivity contribution in [1.29, 1.82) is 0 Å². The number of anilines is 1. The number of aromatic nitrogens is 4. The highest BCUT2D eigenvalue weighted by molar-refractivity contribution is 5.81. The Bertz CT molecular complexity index is 1050. The number of rotatable bonds is 4. The summed E-state index contributed by atoms with van der Waals surface area (Å²) in [5, 5.41) is 2.27. The lowest BCUT2D eigenvalue weighted by molar-refractivity contribution is 0.199. The number of fused-ring (bicyclic) bond motifs is 1. The van der Waals surface area contributed by atoms with E-state index in [0.717, 1.165) is 31.8 Å². The Morgan fingerprint density at radius 2 is 1.38 bits per heavy atom. The van der Waals surface area contributed by atoms with Crippen LogP contribution in [0.5, 0.6) is 0 Å². The molecule has 1 saturated heterocycles. The van der Waals surface area contributed by atoms with Gasteiger partial charge in [0.05, 0.1) is 6.04 Å². The second-order valence-electron chi connectivity index (χ2n) is 7.23. The number of nitrogens with zero attached hydrogens (tertiary/aromatic N) is 6. The van der Waals surface area contributed by atoms with Crippen molar-refractivity contribution < 1.29 is 0 Å². The molecule has 0 aliphatic carbocycles. The number of benzene rings is 2. The number of hydrogen-bond acceptors (Lipinski definition) is 6. The van der Waals surface area contributed by atoms with E-state index in [2.05, 4.69) is 85.5 Å². The normalized spacial score (nSPS) is 15.3. The van der Waals surface area contributed by atoms with Crippen LogP contribution in [-0.2, 0) is 0 Å². The highest BCUT2D eigenvalue weighted by Gasteiger charge is 2.27. The molecule has 7 heteroatoms. The van der Waals surface area contributed by atoms with Crippen molar-refractivity contribution >= 4 is 17.0 Å². The predicted octanol–water partition coefficient (Wildman–Crippen LogP) is 2.45. The van der Waals surface area contributed by atoms with E-state index < -0.39 is 0 Å². The first kappa shape index (κ1) is 17.6. The minimum Gasteiger partial charge on any atom is -0.382 e. The van der Waals surface area contributed by atoms with Gasteiger partial charge in [-0.05, 0) is 11.1 Å². The first-order valence-electron chi connectivity index (χ1n) is 9.84. The first-order chi connectivity index (χ1) is 14.3. The molecule has 5 rings (SSSR count). The zero-order chi connectivity index (χ0) is 19.6. The molecule has 29 heavy (non-hydrogen) atoms. The Labute approximate surface area is 169 Å². The minimum absolute atomic E-state index is 0.247. The maximum Gasteiger partial charge on any atom is 0.184 e. The highest BCUT2D eigenvalue weighted by atomic mass is 15.6. The third-order valence-corrected chi connectivity index (χ3v) is 5.54. The average Bonchev–Trinajstić information content (AvgIpc) is 3.22. The molecule has 2 aromatic carbocycles. The maximum absolute atomic E-state index is 5.94. The molecular formula is C22H23N7. The average molecular weight is 385 g/mol. The number of hydrogen-bond donors (Lipinski definition) is 1. The fourth-order valence-electron chi connectivity index (χ4n) is 4.12. The Balaban J connectivity index is 1.40. The molecule has 0 bridgehead atoms. The molecule has 7 nitrogen and oxygen atoms in total. The van der Waals surface area contributed by atoms with Gasteiger partial charge in [0.25, 0.3) is 0 Å². The lowest BCUT2D eigenvalue weighted by Crippen LogP contribution is -2.52. The van der Waals surface area contributed by atoms with Crippen LogP contribution in [0.15, 0.2) is 73.3 Å². The molecule has 1 aliphatic heterocycles. The summed E-state index contributed by atoms with van der Waals surface area (Å²) in [6.45, 7) is 3.64. The largest absolute Gasteiger partial charge is 0.382 e. The maximum atomic E-state index is 5.94. The summed E-state index contributed by atoms with van der Waals surface area (Å²) < 4.78 is 2.00. The van der Waals surface area contributed by atoms with Gasteiger partial charge in [-0.2, -0.15) is 0 Å². The smallest absolute Gasteiger partial charge is 0.184 e. The lowest BCUT2D eigenvalue weighted by atomic mass is 9.96. The van der Waals surface area contributed by atoms with Crippen LogP contribution in [0.4, 0.5) is 5.82 Å². The number of nitrogens with two attached hydrogens (primary N) is 1. The van der Waals surface area contributed by atoms with Crippen molar-refractivity contribution in [3.05, 3.63) is 84.4 Å². The molecule has 0 unspecified atom stereocenters. The summed E-state index contributed by atoms with van der Waals surface area (Å²) in [5.41, 5.74) is 9.99. The van der Waals surface area contributed by atoms with E-state index in [4.69, 9.17) is 5.73 Å². The van der Waals surface area contributed by atoms with Crippen molar-refractivity contribution in [3.63, 3.8) is 0 Å². The van der Waals surface area contributed by atoms with E-state index in [1.54, 1.807) is 6.33 Å². The molecule has 2 aromatic heterocycles. The molecule has 4 aromatic rings. The second-order valence-corrected chi connectivity index (χ2v) is 7.23. The molecule has 2 N–H and O–H groups in total. The van der Waals surface area contributed by atoms with E-state index in [0.29, 0.717) is 11.3 Å². The second kappa shape index (κ2) is 7.52. The summed E-state index contributed by atoms with van der Waals surface area (Å²) >= 11 is 0. The van der Waals surface area contributed by atoms with Gasteiger partial charge in [0, 0.05) is 26.2 Å². The summed E-state index contributed by atoms with van der Waals surface area (Å²) in [6.07, 6.45) is 3.28. The molecule has 0 radical (unpaired) electrons. The Hall–Kier alpha value is -3.45. The topological polar surface area (TPSA) is 76.1 Å². The number of nitrogen functional groups attached to an aromatic ring is 1. The van der Waals surface area contributed by atoms with Gasteiger partial charge < -0.3 is 10.7 Å². The SMILES string of the molecule is Nc1ncnc2c1ncn2N1CCN(C(c2ccccc2)c2ccccc2)CC1. The lowest BCUT2D eigenvalue weighted by Gasteiger charge is -2.40. The fraction of sp³-hybridized carbons (Fsp3) is 0.227. The van der Waals surface area contributed by atoms with Gasteiger partial charge in [0.1, 0.15) is 12.7 Å². The van der Waals surface area contributed by atoms with Crippen LogP contribution in [0.25, 0.3) is 11.2 Å². The molecule has 1 aliphatic rings. The van der Waals surface area contributed by atoms with E-state index in [-0.39, 0.29) is 6.04 Å². The van der Waals surface area contributed by atoms with Gasteiger partial charge in [0.15, 0.2) is 17.0 Å². The zero-order valence-electron chi connectivity index (χ0n) is 16.1. The Morgan fingerprint density at radius 3 is 2.00 bits per heavy atom. The minimum atomic E-state index is 0.247. The van der Waals surface area contributed by atoms with Gasteiger partial charge in [-0.25, -0.2) is 19.6 Å². The van der Waals surface area contributed by atoms with Gasteiger partial charge in [-0.1, -0.05) is 60.7 Å². The summed E-state index contributed by atoms with van der Waals surface area (Å²) in [7, 11) is 0. The van der Waals surface area contributed by atoms with Crippen molar-refractivity contribution in [2.75, 3.05) is 36.9 Å². The fourth-order valence-corrected chi connectivity index (χ4v) is 4.12.